The maximum atomic E-state index is 13.4. The van der Waals surface area contributed by atoms with Gasteiger partial charge in [-0.25, -0.2) is 4.39 Å². The summed E-state index contributed by atoms with van der Waals surface area (Å²) < 4.78 is 13.4. The van der Waals surface area contributed by atoms with E-state index < -0.39 is 23.7 Å². The Kier molecular flexibility index (Phi) is 7.91. The van der Waals surface area contributed by atoms with E-state index in [1.165, 1.54) is 24.3 Å². The zero-order valence-electron chi connectivity index (χ0n) is 18.5. The summed E-state index contributed by atoms with van der Waals surface area (Å²) in [5.74, 6) is -1.40. The molecule has 0 heterocycles. The molecule has 3 rings (SSSR count). The highest BCUT2D eigenvalue weighted by molar-refractivity contribution is 6.05. The Hall–Kier alpha value is -4.00. The van der Waals surface area contributed by atoms with Crippen LogP contribution in [0.25, 0.3) is 0 Å². The molecule has 3 aromatic carbocycles. The van der Waals surface area contributed by atoms with Crippen molar-refractivity contribution in [2.75, 3.05) is 10.6 Å². The third-order valence-corrected chi connectivity index (χ3v) is 4.77. The van der Waals surface area contributed by atoms with Gasteiger partial charge in [-0.2, -0.15) is 0 Å². The van der Waals surface area contributed by atoms with Crippen LogP contribution in [0.4, 0.5) is 15.8 Å². The van der Waals surface area contributed by atoms with E-state index in [1.54, 1.807) is 48.5 Å². The van der Waals surface area contributed by atoms with Crippen LogP contribution in [0.1, 0.15) is 42.2 Å². The van der Waals surface area contributed by atoms with Gasteiger partial charge in [0.05, 0.1) is 0 Å². The van der Waals surface area contributed by atoms with Crippen LogP contribution in [-0.2, 0) is 9.59 Å². The van der Waals surface area contributed by atoms with Gasteiger partial charge in [0, 0.05) is 23.4 Å². The third kappa shape index (κ3) is 7.00. The Morgan fingerprint density at radius 2 is 1.48 bits per heavy atom. The van der Waals surface area contributed by atoms with E-state index in [0.717, 1.165) is 0 Å². The molecule has 1 atom stereocenters. The molecule has 0 aliphatic heterocycles. The van der Waals surface area contributed by atoms with Gasteiger partial charge in [0.1, 0.15) is 11.9 Å². The minimum Gasteiger partial charge on any atom is -0.341 e. The van der Waals surface area contributed by atoms with E-state index in [-0.39, 0.29) is 17.4 Å². The smallest absolute Gasteiger partial charge is 0.255 e. The van der Waals surface area contributed by atoms with E-state index in [2.05, 4.69) is 16.0 Å². The number of hydrogen-bond acceptors (Lipinski definition) is 3. The first kappa shape index (κ1) is 23.7. The van der Waals surface area contributed by atoms with Crippen LogP contribution < -0.4 is 16.0 Å². The van der Waals surface area contributed by atoms with Crippen molar-refractivity contribution in [1.29, 1.82) is 0 Å². The van der Waals surface area contributed by atoms with Crippen molar-refractivity contribution in [3.8, 4) is 0 Å². The molecule has 0 spiro atoms. The minimum absolute atomic E-state index is 0.151. The number of carbonyl (C=O) groups excluding carboxylic acids is 3. The summed E-state index contributed by atoms with van der Waals surface area (Å²) >= 11 is 0. The average molecular weight is 448 g/mol. The van der Waals surface area contributed by atoms with Crippen molar-refractivity contribution in [3.63, 3.8) is 0 Å². The standard InChI is InChI=1S/C26H26FN3O3/c1-17(2)14-23(31)30-24(18-8-4-3-5-9-18)26(33)29-21-12-6-10-19(15-21)25(32)28-22-13-7-11-20(27)16-22/h3-13,15-17,24H,14H2,1-2H3,(H,28,32)(H,29,33)(H,30,31). The number of amides is 3. The zero-order valence-corrected chi connectivity index (χ0v) is 18.5. The number of carbonyl (C=O) groups is 3. The maximum Gasteiger partial charge on any atom is 0.255 e. The topological polar surface area (TPSA) is 87.3 Å². The lowest BCUT2D eigenvalue weighted by Crippen LogP contribution is -2.37. The molecule has 0 aliphatic carbocycles. The van der Waals surface area contributed by atoms with Gasteiger partial charge in [-0.1, -0.05) is 56.3 Å². The van der Waals surface area contributed by atoms with Gasteiger partial charge in [0.25, 0.3) is 11.8 Å². The molecule has 0 saturated heterocycles. The largest absolute Gasteiger partial charge is 0.341 e. The molecule has 3 N–H and O–H groups in total. The monoisotopic (exact) mass is 447 g/mol. The molecule has 0 fully saturated rings. The fourth-order valence-electron chi connectivity index (χ4n) is 3.26. The SMILES string of the molecule is CC(C)CC(=O)NC(C(=O)Nc1cccc(C(=O)Nc2cccc(F)c2)c1)c1ccccc1. The predicted octanol–water partition coefficient (Wildman–Crippen LogP) is 4.92. The van der Waals surface area contributed by atoms with Crippen molar-refractivity contribution in [2.45, 2.75) is 26.3 Å². The Labute approximate surface area is 192 Å². The van der Waals surface area contributed by atoms with E-state index in [0.29, 0.717) is 23.4 Å². The Morgan fingerprint density at radius 1 is 0.818 bits per heavy atom. The van der Waals surface area contributed by atoms with Crippen molar-refractivity contribution >= 4 is 29.1 Å². The second-order valence-corrected chi connectivity index (χ2v) is 8.04. The maximum absolute atomic E-state index is 13.4. The predicted molar refractivity (Wildman–Crippen MR) is 126 cm³/mol. The normalized spacial score (nSPS) is 11.5. The van der Waals surface area contributed by atoms with Crippen LogP contribution >= 0.6 is 0 Å². The first-order chi connectivity index (χ1) is 15.8. The van der Waals surface area contributed by atoms with Crippen LogP contribution in [-0.4, -0.2) is 17.7 Å². The molecule has 1 unspecified atom stereocenters. The summed E-state index contributed by atoms with van der Waals surface area (Å²) in [6, 6.07) is 20.0. The van der Waals surface area contributed by atoms with Gasteiger partial charge in [-0.3, -0.25) is 14.4 Å². The lowest BCUT2D eigenvalue weighted by molar-refractivity contribution is -0.127. The first-order valence-electron chi connectivity index (χ1n) is 10.6. The molecule has 3 amide bonds. The summed E-state index contributed by atoms with van der Waals surface area (Å²) in [5.41, 5.74) is 1.65. The Morgan fingerprint density at radius 3 is 2.15 bits per heavy atom. The highest BCUT2D eigenvalue weighted by Crippen LogP contribution is 2.19. The minimum atomic E-state index is -0.887. The lowest BCUT2D eigenvalue weighted by Gasteiger charge is -2.20. The molecule has 6 nitrogen and oxygen atoms in total. The van der Waals surface area contributed by atoms with Crippen LogP contribution in [0.2, 0.25) is 0 Å². The quantitative estimate of drug-likeness (QED) is 0.458. The molecule has 7 heteroatoms. The van der Waals surface area contributed by atoms with E-state index in [4.69, 9.17) is 0 Å². The highest BCUT2D eigenvalue weighted by atomic mass is 19.1. The van der Waals surface area contributed by atoms with Crippen molar-refractivity contribution in [3.05, 3.63) is 95.8 Å². The van der Waals surface area contributed by atoms with Crippen LogP contribution in [0.5, 0.6) is 0 Å². The highest BCUT2D eigenvalue weighted by Gasteiger charge is 2.23. The number of halogens is 1. The molecule has 0 saturated carbocycles. The molecular formula is C26H26FN3O3. The fourth-order valence-corrected chi connectivity index (χ4v) is 3.26. The van der Waals surface area contributed by atoms with Crippen LogP contribution in [0, 0.1) is 11.7 Å². The molecule has 0 aliphatic rings. The summed E-state index contributed by atoms with van der Waals surface area (Å²) in [7, 11) is 0. The van der Waals surface area contributed by atoms with E-state index >= 15 is 0 Å². The lowest BCUT2D eigenvalue weighted by atomic mass is 10.0. The van der Waals surface area contributed by atoms with Crippen LogP contribution in [0.3, 0.4) is 0 Å². The Bertz CT molecular complexity index is 1130. The van der Waals surface area contributed by atoms with Gasteiger partial charge in [-0.05, 0) is 47.9 Å². The van der Waals surface area contributed by atoms with Crippen molar-refractivity contribution in [1.82, 2.24) is 5.32 Å². The fraction of sp³-hybridized carbons (Fsp3) is 0.192. The van der Waals surface area contributed by atoms with Gasteiger partial charge in [0.15, 0.2) is 0 Å². The number of nitrogens with one attached hydrogen (secondary N) is 3. The van der Waals surface area contributed by atoms with Gasteiger partial charge in [0.2, 0.25) is 5.91 Å². The van der Waals surface area contributed by atoms with Crippen molar-refractivity contribution < 1.29 is 18.8 Å². The summed E-state index contributed by atoms with van der Waals surface area (Å²) in [6.45, 7) is 3.86. The number of anilines is 2. The van der Waals surface area contributed by atoms with Gasteiger partial charge in [-0.15, -0.1) is 0 Å². The molecule has 170 valence electrons. The summed E-state index contributed by atoms with van der Waals surface area (Å²) in [6.07, 6.45) is 0.298. The van der Waals surface area contributed by atoms with Gasteiger partial charge >= 0.3 is 0 Å². The number of rotatable bonds is 8. The molecule has 0 radical (unpaired) electrons. The first-order valence-corrected chi connectivity index (χ1v) is 10.6. The Balaban J connectivity index is 1.75. The second kappa shape index (κ2) is 11.0. The number of hydrogen-bond donors (Lipinski definition) is 3. The molecule has 0 aromatic heterocycles. The summed E-state index contributed by atoms with van der Waals surface area (Å²) in [5, 5.41) is 8.19. The van der Waals surface area contributed by atoms with E-state index in [1.807, 2.05) is 19.9 Å². The number of benzene rings is 3. The molecule has 3 aromatic rings. The van der Waals surface area contributed by atoms with E-state index in [9.17, 15) is 18.8 Å². The molecule has 33 heavy (non-hydrogen) atoms. The third-order valence-electron chi connectivity index (χ3n) is 4.77. The average Bonchev–Trinajstić information content (AvgIpc) is 2.77. The van der Waals surface area contributed by atoms with Gasteiger partial charge < -0.3 is 16.0 Å². The van der Waals surface area contributed by atoms with Crippen molar-refractivity contribution in [2.24, 2.45) is 5.92 Å². The second-order valence-electron chi connectivity index (χ2n) is 8.04. The molecular weight excluding hydrogens is 421 g/mol. The zero-order chi connectivity index (χ0) is 23.8. The summed E-state index contributed by atoms with van der Waals surface area (Å²) in [4.78, 5) is 38.0. The molecule has 0 bridgehead atoms. The van der Waals surface area contributed by atoms with Crippen LogP contribution in [0.15, 0.2) is 78.9 Å².